The van der Waals surface area contributed by atoms with Gasteiger partial charge in [0.1, 0.15) is 0 Å². The molecule has 1 N–H and O–H groups in total. The van der Waals surface area contributed by atoms with E-state index in [0.29, 0.717) is 16.4 Å². The van der Waals surface area contributed by atoms with Crippen LogP contribution in [0.2, 0.25) is 5.02 Å². The Labute approximate surface area is 139 Å². The van der Waals surface area contributed by atoms with Crippen molar-refractivity contribution in [1.82, 2.24) is 19.9 Å². The van der Waals surface area contributed by atoms with Crippen molar-refractivity contribution in [3.8, 4) is 0 Å². The number of nitrogens with one attached hydrogen (secondary N) is 1. The third-order valence-electron chi connectivity index (χ3n) is 3.69. The molecule has 1 unspecified atom stereocenters. The minimum Gasteiger partial charge on any atom is -0.342 e. The summed E-state index contributed by atoms with van der Waals surface area (Å²) in [5.41, 5.74) is 1.20. The van der Waals surface area contributed by atoms with Gasteiger partial charge in [0.2, 0.25) is 0 Å². The normalized spacial score (nSPS) is 12.5. The van der Waals surface area contributed by atoms with Gasteiger partial charge >= 0.3 is 0 Å². The van der Waals surface area contributed by atoms with Crippen molar-refractivity contribution in [3.05, 3.63) is 65.1 Å². The molecule has 1 atom stereocenters. The second-order valence-electron chi connectivity index (χ2n) is 5.66. The van der Waals surface area contributed by atoms with E-state index in [1.165, 1.54) is 0 Å². The summed E-state index contributed by atoms with van der Waals surface area (Å²) in [6, 6.07) is 12.4. The third kappa shape index (κ3) is 3.05. The summed E-state index contributed by atoms with van der Waals surface area (Å²) in [6.45, 7) is 4.06. The van der Waals surface area contributed by atoms with Crippen LogP contribution in [0.15, 0.2) is 48.7 Å². The summed E-state index contributed by atoms with van der Waals surface area (Å²) in [5.74, 6) is 0.632. The molecular formula is C17H17ClN4O. The molecule has 2 aromatic heterocycles. The van der Waals surface area contributed by atoms with Gasteiger partial charge in [-0.25, -0.2) is 0 Å². The first kappa shape index (κ1) is 15.5. The predicted octanol–water partition coefficient (Wildman–Crippen LogP) is 3.51. The summed E-state index contributed by atoms with van der Waals surface area (Å²) in [4.78, 5) is 12.6. The largest absolute Gasteiger partial charge is 0.342 e. The number of fused-ring (bicyclic) bond motifs is 1. The van der Waals surface area contributed by atoms with Crippen LogP contribution in [0.3, 0.4) is 0 Å². The Balaban J connectivity index is 1.94. The Kier molecular flexibility index (Phi) is 4.30. The highest BCUT2D eigenvalue weighted by molar-refractivity contribution is 6.33. The van der Waals surface area contributed by atoms with Crippen LogP contribution in [0.25, 0.3) is 5.65 Å². The van der Waals surface area contributed by atoms with Crippen molar-refractivity contribution in [2.75, 3.05) is 0 Å². The minimum absolute atomic E-state index is 0.147. The topological polar surface area (TPSA) is 59.3 Å². The standard InChI is InChI=1S/C17H17ClN4O/c1-11(2)15(16-21-20-14-9-5-6-10-22(14)16)19-17(23)12-7-3-4-8-13(12)18/h3-11,15H,1-2H3,(H,19,23). The van der Waals surface area contributed by atoms with Crippen molar-refractivity contribution >= 4 is 23.2 Å². The van der Waals surface area contributed by atoms with Gasteiger partial charge in [0, 0.05) is 6.20 Å². The zero-order chi connectivity index (χ0) is 16.4. The lowest BCUT2D eigenvalue weighted by Gasteiger charge is -2.21. The van der Waals surface area contributed by atoms with E-state index in [9.17, 15) is 4.79 Å². The number of carbonyl (C=O) groups is 1. The molecule has 1 amide bonds. The number of rotatable bonds is 4. The molecular weight excluding hydrogens is 312 g/mol. The fraction of sp³-hybridized carbons (Fsp3) is 0.235. The number of amides is 1. The van der Waals surface area contributed by atoms with Gasteiger partial charge in [0.25, 0.3) is 5.91 Å². The molecule has 6 heteroatoms. The van der Waals surface area contributed by atoms with E-state index in [0.717, 1.165) is 5.65 Å². The third-order valence-corrected chi connectivity index (χ3v) is 4.02. The maximum Gasteiger partial charge on any atom is 0.253 e. The van der Waals surface area contributed by atoms with Crippen LogP contribution in [0, 0.1) is 5.92 Å². The van der Waals surface area contributed by atoms with E-state index in [2.05, 4.69) is 15.5 Å². The number of halogens is 1. The Hall–Kier alpha value is -2.40. The molecule has 118 valence electrons. The number of pyridine rings is 1. The highest BCUT2D eigenvalue weighted by atomic mass is 35.5. The first-order valence-corrected chi connectivity index (χ1v) is 7.81. The lowest BCUT2D eigenvalue weighted by molar-refractivity contribution is 0.0923. The van der Waals surface area contributed by atoms with E-state index >= 15 is 0 Å². The van der Waals surface area contributed by atoms with Crippen LogP contribution < -0.4 is 5.32 Å². The molecule has 0 fully saturated rings. The van der Waals surface area contributed by atoms with E-state index < -0.39 is 0 Å². The molecule has 0 spiro atoms. The van der Waals surface area contributed by atoms with Gasteiger partial charge < -0.3 is 5.32 Å². The summed E-state index contributed by atoms with van der Waals surface area (Å²) >= 11 is 6.11. The fourth-order valence-electron chi connectivity index (χ4n) is 2.47. The molecule has 0 saturated heterocycles. The zero-order valence-electron chi connectivity index (χ0n) is 12.9. The summed E-state index contributed by atoms with van der Waals surface area (Å²) < 4.78 is 1.89. The van der Waals surface area contributed by atoms with Crippen LogP contribution in [-0.4, -0.2) is 20.5 Å². The Morgan fingerprint density at radius 1 is 1.13 bits per heavy atom. The van der Waals surface area contributed by atoms with E-state index in [1.54, 1.807) is 24.3 Å². The smallest absolute Gasteiger partial charge is 0.253 e. The van der Waals surface area contributed by atoms with Crippen LogP contribution >= 0.6 is 11.6 Å². The number of hydrogen-bond donors (Lipinski definition) is 1. The molecule has 0 aliphatic heterocycles. The van der Waals surface area contributed by atoms with Gasteiger partial charge in [-0.15, -0.1) is 10.2 Å². The van der Waals surface area contributed by atoms with Crippen LogP contribution in [-0.2, 0) is 0 Å². The van der Waals surface area contributed by atoms with Crippen LogP contribution in [0.4, 0.5) is 0 Å². The average Bonchev–Trinajstić information content (AvgIpc) is 2.96. The van der Waals surface area contributed by atoms with E-state index in [-0.39, 0.29) is 17.9 Å². The maximum absolute atomic E-state index is 12.6. The van der Waals surface area contributed by atoms with Crippen LogP contribution in [0.1, 0.15) is 36.1 Å². The second-order valence-corrected chi connectivity index (χ2v) is 6.07. The van der Waals surface area contributed by atoms with Gasteiger partial charge in [0.15, 0.2) is 11.5 Å². The van der Waals surface area contributed by atoms with E-state index in [4.69, 9.17) is 11.6 Å². The van der Waals surface area contributed by atoms with Crippen molar-refractivity contribution in [1.29, 1.82) is 0 Å². The lowest BCUT2D eigenvalue weighted by Crippen LogP contribution is -2.33. The number of hydrogen-bond acceptors (Lipinski definition) is 3. The Morgan fingerprint density at radius 2 is 1.87 bits per heavy atom. The number of aromatic nitrogens is 3. The van der Waals surface area contributed by atoms with Crippen LogP contribution in [0.5, 0.6) is 0 Å². The van der Waals surface area contributed by atoms with Crippen molar-refractivity contribution in [2.45, 2.75) is 19.9 Å². The first-order valence-electron chi connectivity index (χ1n) is 7.43. The van der Waals surface area contributed by atoms with Gasteiger partial charge in [-0.3, -0.25) is 9.20 Å². The molecule has 3 aromatic rings. The Bertz CT molecular complexity index is 843. The molecule has 0 bridgehead atoms. The van der Waals surface area contributed by atoms with Crippen molar-refractivity contribution < 1.29 is 4.79 Å². The average molecular weight is 329 g/mol. The van der Waals surface area contributed by atoms with Crippen molar-refractivity contribution in [3.63, 3.8) is 0 Å². The molecule has 23 heavy (non-hydrogen) atoms. The molecule has 1 aromatic carbocycles. The van der Waals surface area contributed by atoms with Gasteiger partial charge in [-0.2, -0.15) is 0 Å². The minimum atomic E-state index is -0.267. The number of benzene rings is 1. The van der Waals surface area contributed by atoms with Gasteiger partial charge in [0.05, 0.1) is 16.6 Å². The predicted molar refractivity (Wildman–Crippen MR) is 89.5 cm³/mol. The highest BCUT2D eigenvalue weighted by Crippen LogP contribution is 2.23. The first-order chi connectivity index (χ1) is 11.1. The summed E-state index contributed by atoms with van der Waals surface area (Å²) in [6.07, 6.45) is 1.89. The molecule has 5 nitrogen and oxygen atoms in total. The molecule has 0 saturated carbocycles. The molecule has 0 aliphatic carbocycles. The molecule has 0 aliphatic rings. The monoisotopic (exact) mass is 328 g/mol. The molecule has 3 rings (SSSR count). The quantitative estimate of drug-likeness (QED) is 0.797. The molecule has 2 heterocycles. The summed E-state index contributed by atoms with van der Waals surface area (Å²) in [5, 5.41) is 11.9. The highest BCUT2D eigenvalue weighted by Gasteiger charge is 2.24. The Morgan fingerprint density at radius 3 is 2.61 bits per heavy atom. The van der Waals surface area contributed by atoms with E-state index in [1.807, 2.05) is 42.6 Å². The van der Waals surface area contributed by atoms with Gasteiger partial charge in [-0.05, 0) is 30.2 Å². The SMILES string of the molecule is CC(C)C(NC(=O)c1ccccc1Cl)c1nnc2ccccn12. The zero-order valence-corrected chi connectivity index (χ0v) is 13.7. The number of carbonyl (C=O) groups excluding carboxylic acids is 1. The fourth-order valence-corrected chi connectivity index (χ4v) is 2.69. The number of nitrogens with zero attached hydrogens (tertiary/aromatic N) is 3. The maximum atomic E-state index is 12.6. The lowest BCUT2D eigenvalue weighted by atomic mass is 10.0. The second kappa shape index (κ2) is 6.38. The van der Waals surface area contributed by atoms with Gasteiger partial charge in [-0.1, -0.05) is 43.6 Å². The van der Waals surface area contributed by atoms with Crippen molar-refractivity contribution in [2.24, 2.45) is 5.92 Å². The molecule has 0 radical (unpaired) electrons. The summed E-state index contributed by atoms with van der Waals surface area (Å²) in [7, 11) is 0.